The molecule has 18 heavy (non-hydrogen) atoms. The molecule has 1 aromatic heterocycles. The number of urea groups is 1. The van der Waals surface area contributed by atoms with Crippen LogP contribution in [0, 0.1) is 0 Å². The fraction of sp³-hybridized carbons (Fsp3) is 0.333. The highest BCUT2D eigenvalue weighted by molar-refractivity contribution is 6.07. The molecule has 94 valence electrons. The van der Waals surface area contributed by atoms with Gasteiger partial charge in [0.05, 0.1) is 0 Å². The number of amides is 3. The summed E-state index contributed by atoms with van der Waals surface area (Å²) in [6.07, 6.45) is 3.54. The number of Topliss-reactive ketones (excluding diaryl/α,β-unsaturated/α-hetero) is 1. The molecule has 0 aromatic carbocycles. The molecule has 1 aliphatic rings. The smallest absolute Gasteiger partial charge is 0.319 e. The van der Waals surface area contributed by atoms with Crippen molar-refractivity contribution in [3.8, 4) is 0 Å². The van der Waals surface area contributed by atoms with Crippen LogP contribution in [0.25, 0.3) is 0 Å². The van der Waals surface area contributed by atoms with Crippen molar-refractivity contribution in [1.29, 1.82) is 0 Å². The fourth-order valence-corrected chi connectivity index (χ4v) is 1.99. The van der Waals surface area contributed by atoms with Gasteiger partial charge in [-0.15, -0.1) is 0 Å². The van der Waals surface area contributed by atoms with Gasteiger partial charge in [-0.05, 0) is 19.4 Å². The monoisotopic (exact) mass is 247 g/mol. The number of carbonyl (C=O) groups excluding carboxylic acids is 3. The lowest BCUT2D eigenvalue weighted by molar-refractivity contribution is -0.125. The molecule has 1 aromatic rings. The van der Waals surface area contributed by atoms with Crippen molar-refractivity contribution in [2.45, 2.75) is 25.3 Å². The van der Waals surface area contributed by atoms with E-state index in [-0.39, 0.29) is 18.6 Å². The summed E-state index contributed by atoms with van der Waals surface area (Å²) in [5, 5.41) is 4.80. The lowest BCUT2D eigenvalue weighted by Crippen LogP contribution is -2.44. The predicted molar refractivity (Wildman–Crippen MR) is 62.5 cm³/mol. The van der Waals surface area contributed by atoms with Gasteiger partial charge in [-0.2, -0.15) is 0 Å². The van der Waals surface area contributed by atoms with E-state index in [2.05, 4.69) is 15.6 Å². The Balaban J connectivity index is 2.37. The first-order valence-electron chi connectivity index (χ1n) is 5.58. The van der Waals surface area contributed by atoms with Gasteiger partial charge < -0.3 is 10.1 Å². The second kappa shape index (κ2) is 4.56. The van der Waals surface area contributed by atoms with Gasteiger partial charge in [0.2, 0.25) is 0 Å². The molecule has 0 bridgehead atoms. The summed E-state index contributed by atoms with van der Waals surface area (Å²) in [6, 6.07) is 2.84. The van der Waals surface area contributed by atoms with Crippen molar-refractivity contribution in [3.05, 3.63) is 30.1 Å². The maximum atomic E-state index is 12.0. The molecule has 0 aliphatic carbocycles. The van der Waals surface area contributed by atoms with E-state index in [1.54, 1.807) is 18.3 Å². The topological polar surface area (TPSA) is 88.2 Å². The molecule has 0 saturated carbocycles. The van der Waals surface area contributed by atoms with Crippen LogP contribution in [0.2, 0.25) is 0 Å². The minimum Gasteiger partial charge on any atom is -0.319 e. The number of nitrogens with zero attached hydrogens (tertiary/aromatic N) is 1. The molecule has 2 heterocycles. The van der Waals surface area contributed by atoms with Crippen LogP contribution in [0.15, 0.2) is 24.5 Å². The maximum absolute atomic E-state index is 12.0. The highest BCUT2D eigenvalue weighted by Gasteiger charge is 2.47. The second-order valence-electron chi connectivity index (χ2n) is 4.26. The van der Waals surface area contributed by atoms with E-state index >= 15 is 0 Å². The third-order valence-corrected chi connectivity index (χ3v) is 2.95. The third kappa shape index (κ3) is 2.09. The zero-order chi connectivity index (χ0) is 13.2. The summed E-state index contributed by atoms with van der Waals surface area (Å²) in [6.45, 7) is 1.45. The minimum atomic E-state index is -1.18. The molecule has 2 N–H and O–H groups in total. The second-order valence-corrected chi connectivity index (χ2v) is 4.26. The van der Waals surface area contributed by atoms with Crippen LogP contribution in [0.4, 0.5) is 4.79 Å². The number of ketones is 1. The van der Waals surface area contributed by atoms with Crippen LogP contribution in [-0.2, 0) is 15.1 Å². The number of nitrogens with one attached hydrogen (secondary N) is 2. The average molecular weight is 247 g/mol. The van der Waals surface area contributed by atoms with Gasteiger partial charge in [-0.3, -0.25) is 15.1 Å². The van der Waals surface area contributed by atoms with E-state index < -0.39 is 17.5 Å². The molecule has 3 amide bonds. The molecule has 2 rings (SSSR count). The quantitative estimate of drug-likeness (QED) is 0.758. The first-order valence-corrected chi connectivity index (χ1v) is 5.58. The highest BCUT2D eigenvalue weighted by atomic mass is 16.2. The molecule has 6 heteroatoms. The predicted octanol–water partition coefficient (Wildman–Crippen LogP) is 0.485. The molecule has 1 saturated heterocycles. The lowest BCUT2D eigenvalue weighted by atomic mass is 9.86. The number of hydrogen-bond acceptors (Lipinski definition) is 4. The first kappa shape index (κ1) is 12.2. The summed E-state index contributed by atoms with van der Waals surface area (Å²) in [7, 11) is 0. The largest absolute Gasteiger partial charge is 0.322 e. The molecular weight excluding hydrogens is 234 g/mol. The third-order valence-electron chi connectivity index (χ3n) is 2.95. The van der Waals surface area contributed by atoms with Gasteiger partial charge in [0, 0.05) is 24.4 Å². The highest BCUT2D eigenvalue weighted by Crippen LogP contribution is 2.29. The molecule has 0 radical (unpaired) electrons. The van der Waals surface area contributed by atoms with Crippen LogP contribution >= 0.6 is 0 Å². The van der Waals surface area contributed by atoms with E-state index in [9.17, 15) is 14.4 Å². The van der Waals surface area contributed by atoms with Gasteiger partial charge in [-0.1, -0.05) is 6.07 Å². The van der Waals surface area contributed by atoms with Gasteiger partial charge in [-0.25, -0.2) is 4.79 Å². The van der Waals surface area contributed by atoms with Gasteiger partial charge in [0.25, 0.3) is 5.91 Å². The van der Waals surface area contributed by atoms with Crippen LogP contribution < -0.4 is 10.6 Å². The average Bonchev–Trinajstić information content (AvgIpc) is 2.64. The summed E-state index contributed by atoms with van der Waals surface area (Å²) < 4.78 is 0. The van der Waals surface area contributed by atoms with E-state index in [1.807, 2.05) is 0 Å². The van der Waals surface area contributed by atoms with Crippen molar-refractivity contribution in [1.82, 2.24) is 15.6 Å². The van der Waals surface area contributed by atoms with Crippen LogP contribution in [0.5, 0.6) is 0 Å². The Labute approximate surface area is 104 Å². The fourth-order valence-electron chi connectivity index (χ4n) is 1.99. The van der Waals surface area contributed by atoms with E-state index in [0.29, 0.717) is 5.56 Å². The number of imide groups is 1. The Hall–Kier alpha value is -2.24. The Morgan fingerprint density at radius 3 is 2.72 bits per heavy atom. The molecule has 1 fully saturated rings. The number of pyridine rings is 1. The molecule has 1 aliphatic heterocycles. The summed E-state index contributed by atoms with van der Waals surface area (Å²) in [5.41, 5.74) is -0.605. The van der Waals surface area contributed by atoms with E-state index in [1.165, 1.54) is 13.1 Å². The Morgan fingerprint density at radius 2 is 2.22 bits per heavy atom. The summed E-state index contributed by atoms with van der Waals surface area (Å²) in [5.74, 6) is -0.478. The summed E-state index contributed by atoms with van der Waals surface area (Å²) >= 11 is 0. The molecule has 6 nitrogen and oxygen atoms in total. The number of carbonyl (C=O) groups is 3. The molecular formula is C12H13N3O3. The molecule has 0 spiro atoms. The van der Waals surface area contributed by atoms with Crippen molar-refractivity contribution < 1.29 is 14.4 Å². The van der Waals surface area contributed by atoms with Crippen molar-refractivity contribution in [2.24, 2.45) is 0 Å². The van der Waals surface area contributed by atoms with Crippen molar-refractivity contribution >= 4 is 17.7 Å². The van der Waals surface area contributed by atoms with Gasteiger partial charge >= 0.3 is 6.03 Å². The minimum absolute atomic E-state index is 0.0350. The Kier molecular flexibility index (Phi) is 3.10. The summed E-state index contributed by atoms with van der Waals surface area (Å²) in [4.78, 5) is 38.4. The SMILES string of the molecule is CC(=O)CCC1(c2cccnc2)NC(=O)NC1=O. The van der Waals surface area contributed by atoms with Crippen molar-refractivity contribution in [2.75, 3.05) is 0 Å². The maximum Gasteiger partial charge on any atom is 0.322 e. The van der Waals surface area contributed by atoms with Crippen molar-refractivity contribution in [3.63, 3.8) is 0 Å². The zero-order valence-corrected chi connectivity index (χ0v) is 9.90. The van der Waals surface area contributed by atoms with Gasteiger partial charge in [0.1, 0.15) is 11.3 Å². The van der Waals surface area contributed by atoms with Gasteiger partial charge in [0.15, 0.2) is 0 Å². The van der Waals surface area contributed by atoms with Crippen LogP contribution in [0.3, 0.4) is 0 Å². The van der Waals surface area contributed by atoms with Crippen LogP contribution in [0.1, 0.15) is 25.3 Å². The van der Waals surface area contributed by atoms with E-state index in [0.717, 1.165) is 0 Å². The van der Waals surface area contributed by atoms with Crippen LogP contribution in [-0.4, -0.2) is 22.7 Å². The molecule has 1 unspecified atom stereocenters. The van der Waals surface area contributed by atoms with E-state index in [4.69, 9.17) is 0 Å². The molecule has 1 atom stereocenters. The standard InChI is InChI=1S/C12H13N3O3/c1-8(16)4-5-12(9-3-2-6-13-7-9)10(17)14-11(18)15-12/h2-3,6-7H,4-5H2,1H3,(H2,14,15,17,18). The number of aromatic nitrogens is 1. The first-order chi connectivity index (χ1) is 8.54. The number of hydrogen-bond donors (Lipinski definition) is 2. The Bertz CT molecular complexity index is 501. The zero-order valence-electron chi connectivity index (χ0n) is 9.90. The lowest BCUT2D eigenvalue weighted by Gasteiger charge is -2.25. The number of rotatable bonds is 4. The normalized spacial score (nSPS) is 22.5. The Morgan fingerprint density at radius 1 is 1.44 bits per heavy atom.